The lowest BCUT2D eigenvalue weighted by atomic mass is 10.5. The fourth-order valence-corrected chi connectivity index (χ4v) is 10.8. The molecule has 0 N–H and O–H groups in total. The van der Waals surface area contributed by atoms with E-state index in [1.807, 2.05) is 0 Å². The summed E-state index contributed by atoms with van der Waals surface area (Å²) in [5.41, 5.74) is 1.35. The molecule has 0 saturated heterocycles. The van der Waals surface area contributed by atoms with Crippen LogP contribution in [0.3, 0.4) is 0 Å². The average Bonchev–Trinajstić information content (AvgIpc) is 2.45. The average molecular weight is 262 g/mol. The number of halogens is 2. The van der Waals surface area contributed by atoms with Gasteiger partial charge in [0, 0.05) is 6.08 Å². The summed E-state index contributed by atoms with van der Waals surface area (Å²) in [6.07, 6.45) is -1.95. The lowest BCUT2D eigenvalue weighted by molar-refractivity contribution is -0.180. The molecule has 17 heavy (non-hydrogen) atoms. The summed E-state index contributed by atoms with van der Waals surface area (Å²) in [5, 5.41) is 0.905. The molecule has 0 aromatic carbocycles. The first kappa shape index (κ1) is 14.8. The molecule has 1 rings (SSSR count). The van der Waals surface area contributed by atoms with E-state index in [0.29, 0.717) is 16.6 Å². The van der Waals surface area contributed by atoms with Gasteiger partial charge in [-0.3, -0.25) is 0 Å². The Morgan fingerprint density at radius 3 is 1.71 bits per heavy atom. The van der Waals surface area contributed by atoms with E-state index >= 15 is 0 Å². The minimum Gasteiger partial charge on any atom is -0.313 e. The highest BCUT2D eigenvalue weighted by Crippen LogP contribution is 2.49. The van der Waals surface area contributed by atoms with Crippen LogP contribution in [0.15, 0.2) is 11.3 Å². The van der Waals surface area contributed by atoms with Crippen LogP contribution in [0.2, 0.25) is 16.6 Å². The summed E-state index contributed by atoms with van der Waals surface area (Å²) < 4.78 is 31.1. The molecule has 4 heteroatoms. The van der Waals surface area contributed by atoms with Crippen molar-refractivity contribution in [2.75, 3.05) is 6.61 Å². The zero-order chi connectivity index (χ0) is 13.4. The Hall–Kier alpha value is -0.223. The Bertz CT molecular complexity index is 287. The van der Waals surface area contributed by atoms with Crippen LogP contribution >= 0.6 is 0 Å². The molecule has 0 aromatic heterocycles. The van der Waals surface area contributed by atoms with Crippen molar-refractivity contribution in [2.24, 2.45) is 0 Å². The summed E-state index contributed by atoms with van der Waals surface area (Å²) >= 11 is 0. The highest BCUT2D eigenvalue weighted by molar-refractivity contribution is 6.90. The largest absolute Gasteiger partial charge is 0.376 e. The van der Waals surface area contributed by atoms with Crippen molar-refractivity contribution in [3.05, 3.63) is 11.3 Å². The van der Waals surface area contributed by atoms with E-state index in [0.717, 1.165) is 11.3 Å². The predicted molar refractivity (Wildman–Crippen MR) is 70.0 cm³/mol. The van der Waals surface area contributed by atoms with Gasteiger partial charge in [-0.05, 0) is 21.8 Å². The zero-order valence-electron chi connectivity index (χ0n) is 11.7. The van der Waals surface area contributed by atoms with Gasteiger partial charge in [0.2, 0.25) is 0 Å². The van der Waals surface area contributed by atoms with Gasteiger partial charge in [-0.1, -0.05) is 41.5 Å². The quantitative estimate of drug-likeness (QED) is 0.664. The van der Waals surface area contributed by atoms with Gasteiger partial charge >= 0.3 is 6.11 Å². The second-order valence-electron chi connectivity index (χ2n) is 5.92. The minimum atomic E-state index is -3.05. The summed E-state index contributed by atoms with van der Waals surface area (Å²) in [7, 11) is -1.93. The predicted octanol–water partition coefficient (Wildman–Crippen LogP) is 4.75. The van der Waals surface area contributed by atoms with E-state index in [9.17, 15) is 8.78 Å². The van der Waals surface area contributed by atoms with Crippen molar-refractivity contribution >= 4 is 8.07 Å². The fraction of sp³-hybridized carbons (Fsp3) is 0.846. The van der Waals surface area contributed by atoms with Gasteiger partial charge in [0.05, 0.1) is 14.7 Å². The van der Waals surface area contributed by atoms with Crippen LogP contribution < -0.4 is 0 Å². The maximum atomic E-state index is 13.2. The van der Waals surface area contributed by atoms with Crippen molar-refractivity contribution in [3.8, 4) is 0 Å². The van der Waals surface area contributed by atoms with Crippen LogP contribution in [-0.4, -0.2) is 20.8 Å². The molecule has 0 saturated carbocycles. The molecular weight excluding hydrogens is 238 g/mol. The Kier molecular flexibility index (Phi) is 4.19. The summed E-state index contributed by atoms with van der Waals surface area (Å²) in [6, 6.07) is 0. The lowest BCUT2D eigenvalue weighted by Gasteiger charge is -2.44. The molecule has 0 unspecified atom stereocenters. The number of hydrogen-bond donors (Lipinski definition) is 0. The summed E-state index contributed by atoms with van der Waals surface area (Å²) in [6.45, 7) is 13.1. The smallest absolute Gasteiger partial charge is 0.313 e. The molecule has 0 fully saturated rings. The number of ether oxygens (including phenoxy) is 1. The number of hydrogen-bond acceptors (Lipinski definition) is 1. The molecule has 0 aromatic rings. The van der Waals surface area contributed by atoms with Crippen molar-refractivity contribution in [2.45, 2.75) is 64.3 Å². The first-order valence-corrected chi connectivity index (χ1v) is 8.61. The molecule has 0 atom stereocenters. The monoisotopic (exact) mass is 262 g/mol. The van der Waals surface area contributed by atoms with E-state index in [1.54, 1.807) is 0 Å². The van der Waals surface area contributed by atoms with Gasteiger partial charge < -0.3 is 4.74 Å². The third kappa shape index (κ3) is 2.48. The molecule has 0 aliphatic carbocycles. The van der Waals surface area contributed by atoms with Gasteiger partial charge in [0.1, 0.15) is 0 Å². The fourth-order valence-electron chi connectivity index (χ4n) is 3.82. The minimum absolute atomic E-state index is 0.119. The second kappa shape index (κ2) is 4.80. The molecule has 100 valence electrons. The zero-order valence-corrected chi connectivity index (χ0v) is 12.7. The highest BCUT2D eigenvalue weighted by atomic mass is 28.3. The second-order valence-corrected chi connectivity index (χ2v) is 11.9. The normalized spacial score (nSPS) is 20.5. The lowest BCUT2D eigenvalue weighted by Crippen LogP contribution is -2.47. The summed E-state index contributed by atoms with van der Waals surface area (Å²) in [5.74, 6) is 0. The molecule has 1 heterocycles. The van der Waals surface area contributed by atoms with Gasteiger partial charge in [0.25, 0.3) is 0 Å². The van der Waals surface area contributed by atoms with Crippen molar-refractivity contribution in [3.63, 3.8) is 0 Å². The Labute approximate surface area is 104 Å². The Balaban J connectivity index is 3.25. The molecule has 0 spiro atoms. The molecule has 0 bridgehead atoms. The SMILES string of the molecule is CC(C)[Si](C1=CC(F)(F)OC1)(C(C)C)C(C)C. The van der Waals surface area contributed by atoms with Crippen LogP contribution in [0, 0.1) is 0 Å². The van der Waals surface area contributed by atoms with E-state index in [-0.39, 0.29) is 6.61 Å². The standard InChI is InChI=1S/C13H24F2OSi/c1-9(2)17(10(3)4,11(5)6)12-7-13(14,15)16-8-12/h7,9-11H,8H2,1-6H3. The third-order valence-electron chi connectivity index (χ3n) is 4.18. The van der Waals surface area contributed by atoms with Crippen LogP contribution in [0.1, 0.15) is 41.5 Å². The van der Waals surface area contributed by atoms with Gasteiger partial charge in [0.15, 0.2) is 0 Å². The third-order valence-corrected chi connectivity index (χ3v) is 11.3. The first-order chi connectivity index (χ1) is 7.64. The molecular formula is C13H24F2OSi. The first-order valence-electron chi connectivity index (χ1n) is 6.38. The number of alkyl halides is 2. The van der Waals surface area contributed by atoms with Crippen LogP contribution in [0.4, 0.5) is 8.78 Å². The molecule has 1 aliphatic rings. The van der Waals surface area contributed by atoms with Crippen molar-refractivity contribution in [1.82, 2.24) is 0 Å². The molecule has 1 nitrogen and oxygen atoms in total. The highest BCUT2D eigenvalue weighted by Gasteiger charge is 2.50. The number of rotatable bonds is 4. The van der Waals surface area contributed by atoms with Gasteiger partial charge in [-0.15, -0.1) is 0 Å². The van der Waals surface area contributed by atoms with Crippen LogP contribution in [0.25, 0.3) is 0 Å². The van der Waals surface area contributed by atoms with E-state index < -0.39 is 14.2 Å². The van der Waals surface area contributed by atoms with Crippen molar-refractivity contribution < 1.29 is 13.5 Å². The van der Waals surface area contributed by atoms with E-state index in [2.05, 4.69) is 46.3 Å². The van der Waals surface area contributed by atoms with E-state index in [4.69, 9.17) is 0 Å². The van der Waals surface area contributed by atoms with E-state index in [1.165, 1.54) is 0 Å². The topological polar surface area (TPSA) is 9.23 Å². The Morgan fingerprint density at radius 2 is 1.47 bits per heavy atom. The Morgan fingerprint density at radius 1 is 1.06 bits per heavy atom. The van der Waals surface area contributed by atoms with Crippen LogP contribution in [-0.2, 0) is 4.74 Å². The van der Waals surface area contributed by atoms with Gasteiger partial charge in [-0.25, -0.2) is 0 Å². The van der Waals surface area contributed by atoms with Crippen molar-refractivity contribution in [1.29, 1.82) is 0 Å². The molecule has 0 amide bonds. The maximum Gasteiger partial charge on any atom is 0.376 e. The maximum absolute atomic E-state index is 13.2. The summed E-state index contributed by atoms with van der Waals surface area (Å²) in [4.78, 5) is 0. The molecule has 0 radical (unpaired) electrons. The van der Waals surface area contributed by atoms with Crippen LogP contribution in [0.5, 0.6) is 0 Å². The molecule has 1 aliphatic heterocycles. The van der Waals surface area contributed by atoms with Gasteiger partial charge in [-0.2, -0.15) is 8.78 Å².